The lowest BCUT2D eigenvalue weighted by Gasteiger charge is -2.35. The smallest absolute Gasteiger partial charge is 0.294 e. The molecule has 0 aromatic heterocycles. The summed E-state index contributed by atoms with van der Waals surface area (Å²) in [5, 5.41) is 14.6. The molecule has 31 heavy (non-hydrogen) atoms. The quantitative estimate of drug-likeness (QED) is 0.522. The molecule has 3 rings (SSSR count). The average Bonchev–Trinajstić information content (AvgIpc) is 2.74. The van der Waals surface area contributed by atoms with Crippen LogP contribution in [-0.2, 0) is 5.41 Å². The van der Waals surface area contributed by atoms with Gasteiger partial charge in [0.2, 0.25) is 0 Å². The van der Waals surface area contributed by atoms with E-state index in [1.807, 2.05) is 17.0 Å². The van der Waals surface area contributed by atoms with Crippen LogP contribution in [-0.4, -0.2) is 48.5 Å². The normalized spacial score (nSPS) is 15.1. The first-order chi connectivity index (χ1) is 14.6. The maximum atomic E-state index is 12.8. The van der Waals surface area contributed by atoms with Crippen molar-refractivity contribution >= 4 is 34.6 Å². The number of hydrogen-bond donors (Lipinski definition) is 1. The number of hydrogen-bond acceptors (Lipinski definition) is 5. The van der Waals surface area contributed by atoms with Crippen LogP contribution in [0.15, 0.2) is 36.4 Å². The minimum absolute atomic E-state index is 0.00657. The predicted octanol–water partition coefficient (Wildman–Crippen LogP) is 4.94. The highest BCUT2D eigenvalue weighted by molar-refractivity contribution is 6.34. The molecule has 0 spiro atoms. The van der Waals surface area contributed by atoms with Crippen molar-refractivity contribution in [3.05, 3.63) is 62.7 Å². The zero-order valence-electron chi connectivity index (χ0n) is 18.4. The van der Waals surface area contributed by atoms with Crippen LogP contribution in [0.25, 0.3) is 0 Å². The van der Waals surface area contributed by atoms with E-state index in [0.29, 0.717) is 30.0 Å². The van der Waals surface area contributed by atoms with Crippen LogP contribution in [0.1, 0.15) is 43.6 Å². The molecule has 1 amide bonds. The topological polar surface area (TPSA) is 78.7 Å². The third-order valence-electron chi connectivity index (χ3n) is 5.68. The van der Waals surface area contributed by atoms with Gasteiger partial charge in [-0.3, -0.25) is 14.9 Å². The Morgan fingerprint density at radius 2 is 1.74 bits per heavy atom. The molecule has 8 heteroatoms. The highest BCUT2D eigenvalue weighted by Gasteiger charge is 2.26. The molecule has 0 saturated carbocycles. The van der Waals surface area contributed by atoms with Crippen molar-refractivity contribution in [2.75, 3.05) is 42.9 Å². The lowest BCUT2D eigenvalue weighted by atomic mass is 9.87. The van der Waals surface area contributed by atoms with E-state index in [1.165, 1.54) is 6.07 Å². The fraction of sp³-hybridized carbons (Fsp3) is 0.435. The van der Waals surface area contributed by atoms with Gasteiger partial charge in [-0.1, -0.05) is 51.4 Å². The van der Waals surface area contributed by atoms with Crippen LogP contribution in [0.2, 0.25) is 5.02 Å². The van der Waals surface area contributed by atoms with Crippen molar-refractivity contribution in [1.82, 2.24) is 4.90 Å². The van der Waals surface area contributed by atoms with E-state index in [-0.39, 0.29) is 22.0 Å². The number of carbonyl (C=O) groups excluding carboxylic acids is 1. The van der Waals surface area contributed by atoms with Crippen molar-refractivity contribution in [1.29, 1.82) is 0 Å². The Morgan fingerprint density at radius 1 is 1.13 bits per heavy atom. The number of carbonyl (C=O) groups is 1. The molecule has 2 aromatic rings. The number of likely N-dealkylation sites (N-methyl/N-ethyl adjacent to an activating group) is 1. The second-order valence-corrected chi connectivity index (χ2v) is 9.19. The lowest BCUT2D eigenvalue weighted by Crippen LogP contribution is -2.46. The molecule has 0 aliphatic carbocycles. The third kappa shape index (κ3) is 5.35. The van der Waals surface area contributed by atoms with E-state index in [9.17, 15) is 14.9 Å². The summed E-state index contributed by atoms with van der Waals surface area (Å²) >= 11 is 6.30. The van der Waals surface area contributed by atoms with E-state index >= 15 is 0 Å². The number of nitro groups is 1. The van der Waals surface area contributed by atoms with Gasteiger partial charge in [0.1, 0.15) is 5.69 Å². The van der Waals surface area contributed by atoms with Gasteiger partial charge in [0.05, 0.1) is 15.6 Å². The number of nitrogens with zero attached hydrogens (tertiary/aromatic N) is 3. The second kappa shape index (κ2) is 9.24. The van der Waals surface area contributed by atoms with Gasteiger partial charge in [-0.2, -0.15) is 0 Å². The zero-order chi connectivity index (χ0) is 22.8. The molecule has 1 heterocycles. The van der Waals surface area contributed by atoms with Gasteiger partial charge in [-0.05, 0) is 35.7 Å². The van der Waals surface area contributed by atoms with Gasteiger partial charge < -0.3 is 15.1 Å². The Hall–Kier alpha value is -2.64. The molecular weight excluding hydrogens is 416 g/mol. The van der Waals surface area contributed by atoms with E-state index in [1.54, 1.807) is 18.2 Å². The Balaban J connectivity index is 1.85. The number of nitro benzene ring substituents is 1. The first-order valence-corrected chi connectivity index (χ1v) is 10.8. The maximum absolute atomic E-state index is 12.8. The molecule has 1 aliphatic heterocycles. The summed E-state index contributed by atoms with van der Waals surface area (Å²) in [7, 11) is 0. The van der Waals surface area contributed by atoms with Gasteiger partial charge in [0.15, 0.2) is 0 Å². The Kier molecular flexibility index (Phi) is 6.86. The van der Waals surface area contributed by atoms with Crippen LogP contribution in [0.4, 0.5) is 17.1 Å². The van der Waals surface area contributed by atoms with Crippen molar-refractivity contribution in [3.63, 3.8) is 0 Å². The molecule has 0 atom stereocenters. The van der Waals surface area contributed by atoms with Crippen LogP contribution in [0.3, 0.4) is 0 Å². The van der Waals surface area contributed by atoms with Crippen LogP contribution in [0, 0.1) is 10.1 Å². The molecular formula is C23H29ClN4O3. The highest BCUT2D eigenvalue weighted by Crippen LogP contribution is 2.37. The SMILES string of the molecule is CCN1CCN(c2cc(NC(=O)c3ccc(C(C)(C)C)cc3)c(Cl)cc2[N+](=O)[O-])CC1. The number of anilines is 2. The number of nitrogens with one attached hydrogen (secondary N) is 1. The highest BCUT2D eigenvalue weighted by atomic mass is 35.5. The Morgan fingerprint density at radius 3 is 2.26 bits per heavy atom. The van der Waals surface area contributed by atoms with E-state index < -0.39 is 4.92 Å². The molecule has 0 unspecified atom stereocenters. The molecule has 1 N–H and O–H groups in total. The Labute approximate surface area is 188 Å². The minimum Gasteiger partial charge on any atom is -0.363 e. The lowest BCUT2D eigenvalue weighted by molar-refractivity contribution is -0.384. The van der Waals surface area contributed by atoms with Crippen molar-refractivity contribution < 1.29 is 9.72 Å². The minimum atomic E-state index is -0.426. The molecule has 1 aliphatic rings. The maximum Gasteiger partial charge on any atom is 0.294 e. The zero-order valence-corrected chi connectivity index (χ0v) is 19.2. The molecule has 2 aromatic carbocycles. The van der Waals surface area contributed by atoms with Crippen LogP contribution in [0.5, 0.6) is 0 Å². The number of rotatable bonds is 5. The van der Waals surface area contributed by atoms with E-state index in [2.05, 4.69) is 37.9 Å². The Bertz CT molecular complexity index is 962. The first kappa shape index (κ1) is 23.0. The average molecular weight is 445 g/mol. The number of amides is 1. The van der Waals surface area contributed by atoms with Crippen LogP contribution < -0.4 is 10.2 Å². The van der Waals surface area contributed by atoms with Crippen molar-refractivity contribution in [3.8, 4) is 0 Å². The van der Waals surface area contributed by atoms with Crippen LogP contribution >= 0.6 is 11.6 Å². The molecule has 0 radical (unpaired) electrons. The van der Waals surface area contributed by atoms with Gasteiger partial charge in [-0.15, -0.1) is 0 Å². The molecule has 1 saturated heterocycles. The van der Waals surface area contributed by atoms with E-state index in [0.717, 1.165) is 25.2 Å². The number of benzene rings is 2. The standard InChI is InChI=1S/C23H29ClN4O3/c1-5-26-10-12-27(13-11-26)20-15-19(18(24)14-21(20)28(30)31)25-22(29)16-6-8-17(9-7-16)23(2,3)4/h6-9,14-15H,5,10-13H2,1-4H3,(H,25,29). The summed E-state index contributed by atoms with van der Waals surface area (Å²) in [6, 6.07) is 10.4. The largest absolute Gasteiger partial charge is 0.363 e. The molecule has 166 valence electrons. The van der Waals surface area contributed by atoms with E-state index in [4.69, 9.17) is 11.6 Å². The summed E-state index contributed by atoms with van der Waals surface area (Å²) in [4.78, 5) is 28.3. The predicted molar refractivity (Wildman–Crippen MR) is 126 cm³/mol. The molecule has 0 bridgehead atoms. The molecule has 1 fully saturated rings. The van der Waals surface area contributed by atoms with Crippen molar-refractivity contribution in [2.24, 2.45) is 0 Å². The first-order valence-electron chi connectivity index (χ1n) is 10.5. The van der Waals surface area contributed by atoms with Gasteiger partial charge in [0.25, 0.3) is 11.6 Å². The summed E-state index contributed by atoms with van der Waals surface area (Å²) in [6.07, 6.45) is 0. The molecule has 7 nitrogen and oxygen atoms in total. The van der Waals surface area contributed by atoms with Gasteiger partial charge >= 0.3 is 0 Å². The summed E-state index contributed by atoms with van der Waals surface area (Å²) in [6.45, 7) is 12.4. The monoisotopic (exact) mass is 444 g/mol. The summed E-state index contributed by atoms with van der Waals surface area (Å²) in [5.74, 6) is -0.307. The number of piperazine rings is 1. The fourth-order valence-corrected chi connectivity index (χ4v) is 3.87. The van der Waals surface area contributed by atoms with Crippen molar-refractivity contribution in [2.45, 2.75) is 33.1 Å². The van der Waals surface area contributed by atoms with Gasteiger partial charge in [0, 0.05) is 37.8 Å². The fourth-order valence-electron chi connectivity index (χ4n) is 3.67. The summed E-state index contributed by atoms with van der Waals surface area (Å²) < 4.78 is 0. The third-order valence-corrected chi connectivity index (χ3v) is 6.00. The number of halogens is 1. The van der Waals surface area contributed by atoms with Gasteiger partial charge in [-0.25, -0.2) is 0 Å². The summed E-state index contributed by atoms with van der Waals surface area (Å²) in [5.41, 5.74) is 2.41. The second-order valence-electron chi connectivity index (χ2n) is 8.78.